The molecule has 0 saturated carbocycles. The van der Waals surface area contributed by atoms with E-state index in [1.165, 1.54) is 24.4 Å². The number of hydrogen-bond donors (Lipinski definition) is 1. The normalized spacial score (nSPS) is 30.5. The molecule has 15 heavy (non-hydrogen) atoms. The van der Waals surface area contributed by atoms with E-state index in [1.807, 2.05) is 11.8 Å². The van der Waals surface area contributed by atoms with E-state index in [4.69, 9.17) is 5.73 Å². The van der Waals surface area contributed by atoms with Gasteiger partial charge in [0, 0.05) is 19.0 Å². The number of hydrogen-bond acceptors (Lipinski definition) is 4. The van der Waals surface area contributed by atoms with E-state index < -0.39 is 0 Å². The van der Waals surface area contributed by atoms with Gasteiger partial charge >= 0.3 is 0 Å². The van der Waals surface area contributed by atoms with Gasteiger partial charge in [-0.3, -0.25) is 0 Å². The van der Waals surface area contributed by atoms with Crippen molar-refractivity contribution in [1.82, 2.24) is 14.8 Å². The summed E-state index contributed by atoms with van der Waals surface area (Å²) >= 11 is 2.02. The van der Waals surface area contributed by atoms with Crippen LogP contribution in [0.3, 0.4) is 0 Å². The van der Waals surface area contributed by atoms with Crippen LogP contribution in [-0.2, 0) is 13.0 Å². The van der Waals surface area contributed by atoms with Gasteiger partial charge in [-0.1, -0.05) is 0 Å². The summed E-state index contributed by atoms with van der Waals surface area (Å²) in [4.78, 5) is 0. The number of thioether (sulfide) groups is 1. The third-order valence-electron chi connectivity index (χ3n) is 3.24. The van der Waals surface area contributed by atoms with Gasteiger partial charge < -0.3 is 10.3 Å². The monoisotopic (exact) mass is 224 g/mol. The maximum atomic E-state index is 5.93. The Morgan fingerprint density at radius 1 is 1.33 bits per heavy atom. The Kier molecular flexibility index (Phi) is 2.44. The van der Waals surface area contributed by atoms with Crippen molar-refractivity contribution in [2.75, 3.05) is 5.75 Å². The lowest BCUT2D eigenvalue weighted by molar-refractivity contribution is 0.452. The Hall–Kier alpha value is -0.550. The van der Waals surface area contributed by atoms with Gasteiger partial charge in [0.05, 0.1) is 5.25 Å². The Morgan fingerprint density at radius 3 is 3.07 bits per heavy atom. The van der Waals surface area contributed by atoms with Gasteiger partial charge in [0.25, 0.3) is 0 Å². The zero-order chi connectivity index (χ0) is 10.3. The Labute approximate surface area is 93.6 Å². The summed E-state index contributed by atoms with van der Waals surface area (Å²) in [5.74, 6) is 3.56. The highest BCUT2D eigenvalue weighted by Gasteiger charge is 2.27. The van der Waals surface area contributed by atoms with Crippen LogP contribution in [0.4, 0.5) is 0 Å². The topological polar surface area (TPSA) is 56.7 Å². The molecule has 0 radical (unpaired) electrons. The summed E-state index contributed by atoms with van der Waals surface area (Å²) in [5, 5.41) is 9.21. The average molecular weight is 224 g/mol. The molecule has 1 fully saturated rings. The first-order valence-corrected chi connectivity index (χ1v) is 6.68. The average Bonchev–Trinajstić information content (AvgIpc) is 2.82. The molecule has 2 aliphatic rings. The van der Waals surface area contributed by atoms with E-state index >= 15 is 0 Å². The lowest BCUT2D eigenvalue weighted by atomic mass is 10.1. The molecule has 0 aromatic carbocycles. The summed E-state index contributed by atoms with van der Waals surface area (Å²) < 4.78 is 2.30. The zero-order valence-electron chi connectivity index (χ0n) is 8.72. The Bertz CT molecular complexity index is 356. The smallest absolute Gasteiger partial charge is 0.146 e. The second-order valence-corrected chi connectivity index (χ2v) is 5.69. The second-order valence-electron chi connectivity index (χ2n) is 4.38. The first-order valence-electron chi connectivity index (χ1n) is 5.64. The summed E-state index contributed by atoms with van der Waals surface area (Å²) in [5.41, 5.74) is 5.93. The van der Waals surface area contributed by atoms with E-state index in [2.05, 4.69) is 14.8 Å². The Balaban J connectivity index is 1.90. The van der Waals surface area contributed by atoms with Crippen LogP contribution in [0.15, 0.2) is 0 Å². The maximum absolute atomic E-state index is 5.93. The van der Waals surface area contributed by atoms with Gasteiger partial charge in [-0.15, -0.1) is 10.2 Å². The fourth-order valence-corrected chi connectivity index (χ4v) is 3.67. The van der Waals surface area contributed by atoms with Crippen LogP contribution >= 0.6 is 11.8 Å². The standard InChI is InChI=1S/C10H16N4S/c11-7-3-4-14-9(6-7)12-13-10(14)8-2-1-5-15-8/h7-8H,1-6,11H2. The van der Waals surface area contributed by atoms with Gasteiger partial charge in [-0.2, -0.15) is 11.8 Å². The molecule has 82 valence electrons. The predicted molar refractivity (Wildman–Crippen MR) is 60.8 cm³/mol. The summed E-state index contributed by atoms with van der Waals surface area (Å²) in [6.45, 7) is 1.01. The van der Waals surface area contributed by atoms with Gasteiger partial charge in [0.1, 0.15) is 11.6 Å². The molecule has 0 amide bonds. The molecule has 1 saturated heterocycles. The molecule has 0 bridgehead atoms. The minimum absolute atomic E-state index is 0.283. The molecule has 5 heteroatoms. The van der Waals surface area contributed by atoms with Crippen molar-refractivity contribution in [3.05, 3.63) is 11.6 Å². The SMILES string of the molecule is NC1CCn2c(nnc2C2CCCS2)C1. The lowest BCUT2D eigenvalue weighted by Gasteiger charge is -2.21. The van der Waals surface area contributed by atoms with Crippen molar-refractivity contribution in [3.8, 4) is 0 Å². The minimum Gasteiger partial charge on any atom is -0.327 e. The third-order valence-corrected chi connectivity index (χ3v) is 4.62. The molecular weight excluding hydrogens is 208 g/mol. The molecule has 1 aromatic heterocycles. The highest BCUT2D eigenvalue weighted by Crippen LogP contribution is 2.39. The van der Waals surface area contributed by atoms with Gasteiger partial charge in [-0.05, 0) is 25.0 Å². The van der Waals surface area contributed by atoms with Crippen molar-refractivity contribution >= 4 is 11.8 Å². The largest absolute Gasteiger partial charge is 0.327 e. The van der Waals surface area contributed by atoms with Crippen LogP contribution in [0.2, 0.25) is 0 Å². The van der Waals surface area contributed by atoms with Crippen LogP contribution < -0.4 is 5.73 Å². The molecule has 1 aromatic rings. The van der Waals surface area contributed by atoms with Crippen LogP contribution in [0.5, 0.6) is 0 Å². The molecule has 2 N–H and O–H groups in total. The minimum atomic E-state index is 0.283. The molecule has 0 spiro atoms. The summed E-state index contributed by atoms with van der Waals surface area (Å²) in [6, 6.07) is 0.283. The predicted octanol–water partition coefficient (Wildman–Crippen LogP) is 1.12. The van der Waals surface area contributed by atoms with Gasteiger partial charge in [0.2, 0.25) is 0 Å². The van der Waals surface area contributed by atoms with E-state index in [9.17, 15) is 0 Å². The van der Waals surface area contributed by atoms with Crippen LogP contribution in [-0.4, -0.2) is 26.6 Å². The molecule has 2 unspecified atom stereocenters. The van der Waals surface area contributed by atoms with Crippen molar-refractivity contribution < 1.29 is 0 Å². The molecule has 2 aliphatic heterocycles. The summed E-state index contributed by atoms with van der Waals surface area (Å²) in [7, 11) is 0. The van der Waals surface area contributed by atoms with Crippen LogP contribution in [0.25, 0.3) is 0 Å². The van der Waals surface area contributed by atoms with Crippen LogP contribution in [0, 0.1) is 0 Å². The number of fused-ring (bicyclic) bond motifs is 1. The molecule has 0 aliphatic carbocycles. The molecule has 2 atom stereocenters. The van der Waals surface area contributed by atoms with Crippen molar-refractivity contribution in [3.63, 3.8) is 0 Å². The first kappa shape index (κ1) is 9.66. The maximum Gasteiger partial charge on any atom is 0.146 e. The van der Waals surface area contributed by atoms with Crippen LogP contribution in [0.1, 0.15) is 36.2 Å². The van der Waals surface area contributed by atoms with Crippen molar-refractivity contribution in [2.24, 2.45) is 5.73 Å². The second kappa shape index (κ2) is 3.79. The molecule has 3 rings (SSSR count). The van der Waals surface area contributed by atoms with E-state index in [-0.39, 0.29) is 6.04 Å². The zero-order valence-corrected chi connectivity index (χ0v) is 9.54. The molecule has 3 heterocycles. The fraction of sp³-hybridized carbons (Fsp3) is 0.800. The lowest BCUT2D eigenvalue weighted by Crippen LogP contribution is -2.31. The number of rotatable bonds is 1. The number of nitrogens with zero attached hydrogens (tertiary/aromatic N) is 3. The van der Waals surface area contributed by atoms with E-state index in [1.54, 1.807) is 0 Å². The highest BCUT2D eigenvalue weighted by atomic mass is 32.2. The van der Waals surface area contributed by atoms with Gasteiger partial charge in [-0.25, -0.2) is 0 Å². The van der Waals surface area contributed by atoms with Crippen molar-refractivity contribution in [1.29, 1.82) is 0 Å². The van der Waals surface area contributed by atoms with Crippen molar-refractivity contribution in [2.45, 2.75) is 43.5 Å². The quantitative estimate of drug-likeness (QED) is 0.776. The highest BCUT2D eigenvalue weighted by molar-refractivity contribution is 7.99. The third kappa shape index (κ3) is 1.67. The first-order chi connectivity index (χ1) is 7.34. The van der Waals surface area contributed by atoms with E-state index in [0.29, 0.717) is 5.25 Å². The molecular formula is C10H16N4S. The number of nitrogens with two attached hydrogens (primary N) is 1. The van der Waals surface area contributed by atoms with E-state index in [0.717, 1.165) is 25.2 Å². The number of aromatic nitrogens is 3. The Morgan fingerprint density at radius 2 is 2.27 bits per heavy atom. The summed E-state index contributed by atoms with van der Waals surface area (Å²) in [6.07, 6.45) is 4.53. The fourth-order valence-electron chi connectivity index (χ4n) is 2.39. The molecule has 4 nitrogen and oxygen atoms in total. The van der Waals surface area contributed by atoms with Gasteiger partial charge in [0.15, 0.2) is 0 Å².